The van der Waals surface area contributed by atoms with Crippen LogP contribution in [0.1, 0.15) is 25.7 Å². The molecule has 1 saturated heterocycles. The lowest BCUT2D eigenvalue weighted by Crippen LogP contribution is -2.53. The van der Waals surface area contributed by atoms with Gasteiger partial charge in [-0.1, -0.05) is 12.8 Å². The molecule has 2 heterocycles. The van der Waals surface area contributed by atoms with E-state index in [2.05, 4.69) is 9.88 Å². The fourth-order valence-corrected chi connectivity index (χ4v) is 3.15. The Morgan fingerprint density at radius 2 is 2.20 bits per heavy atom. The predicted molar refractivity (Wildman–Crippen MR) is 74.6 cm³/mol. The van der Waals surface area contributed by atoms with Gasteiger partial charge in [-0.25, -0.2) is 4.98 Å². The highest BCUT2D eigenvalue weighted by Gasteiger charge is 2.35. The van der Waals surface area contributed by atoms with E-state index < -0.39 is 4.92 Å². The zero-order chi connectivity index (χ0) is 14.1. The minimum Gasteiger partial charge on any atom is -0.378 e. The average Bonchev–Trinajstić information content (AvgIpc) is 2.46. The van der Waals surface area contributed by atoms with E-state index in [0.717, 1.165) is 19.4 Å². The first-order valence-electron chi connectivity index (χ1n) is 6.96. The van der Waals surface area contributed by atoms with Crippen molar-refractivity contribution in [2.24, 2.45) is 0 Å². The summed E-state index contributed by atoms with van der Waals surface area (Å²) in [5, 5.41) is 10.8. The molecule has 2 aliphatic rings. The van der Waals surface area contributed by atoms with Crippen molar-refractivity contribution >= 4 is 17.3 Å². The number of anilines is 2. The van der Waals surface area contributed by atoms with Crippen LogP contribution in [-0.4, -0.2) is 35.2 Å². The first kappa shape index (κ1) is 13.1. The molecule has 2 fully saturated rings. The van der Waals surface area contributed by atoms with Crippen LogP contribution in [0.3, 0.4) is 0 Å². The Morgan fingerprint density at radius 3 is 2.95 bits per heavy atom. The van der Waals surface area contributed by atoms with E-state index in [1.165, 1.54) is 18.9 Å². The third kappa shape index (κ3) is 2.29. The van der Waals surface area contributed by atoms with Crippen LogP contribution in [0.5, 0.6) is 0 Å². The summed E-state index contributed by atoms with van der Waals surface area (Å²) in [6.07, 6.45) is 4.77. The summed E-state index contributed by atoms with van der Waals surface area (Å²) in [6.45, 7) is 1.42. The molecule has 3 rings (SSSR count). The van der Waals surface area contributed by atoms with Gasteiger partial charge in [0.15, 0.2) is 0 Å². The molecule has 0 spiro atoms. The Balaban J connectivity index is 1.87. The Hall–Kier alpha value is -1.89. The van der Waals surface area contributed by atoms with Gasteiger partial charge in [-0.2, -0.15) is 0 Å². The van der Waals surface area contributed by atoms with Crippen molar-refractivity contribution in [1.82, 2.24) is 4.98 Å². The van der Waals surface area contributed by atoms with Crippen LogP contribution >= 0.6 is 0 Å². The molecule has 20 heavy (non-hydrogen) atoms. The number of aromatic nitrogens is 1. The zero-order valence-electron chi connectivity index (χ0n) is 11.2. The number of nitrogen functional groups attached to an aromatic ring is 1. The lowest BCUT2D eigenvalue weighted by molar-refractivity contribution is -0.384. The van der Waals surface area contributed by atoms with Crippen molar-refractivity contribution < 1.29 is 9.66 Å². The smallest absolute Gasteiger partial charge is 0.311 e. The Kier molecular flexibility index (Phi) is 3.43. The molecule has 7 heteroatoms. The van der Waals surface area contributed by atoms with Gasteiger partial charge in [-0.15, -0.1) is 0 Å². The molecule has 2 atom stereocenters. The maximum atomic E-state index is 10.8. The highest BCUT2D eigenvalue weighted by atomic mass is 16.6. The van der Waals surface area contributed by atoms with Gasteiger partial charge in [0.1, 0.15) is 5.82 Å². The van der Waals surface area contributed by atoms with Crippen molar-refractivity contribution in [3.8, 4) is 0 Å². The van der Waals surface area contributed by atoms with Gasteiger partial charge in [0, 0.05) is 12.6 Å². The van der Waals surface area contributed by atoms with Crippen molar-refractivity contribution in [2.45, 2.75) is 37.8 Å². The van der Waals surface area contributed by atoms with Crippen LogP contribution < -0.4 is 10.6 Å². The van der Waals surface area contributed by atoms with E-state index in [9.17, 15) is 10.1 Å². The molecule has 2 unspecified atom stereocenters. The summed E-state index contributed by atoms with van der Waals surface area (Å²) in [5.74, 6) is 0.694. The molecule has 0 amide bonds. The summed E-state index contributed by atoms with van der Waals surface area (Å²) in [6, 6.07) is 3.43. The summed E-state index contributed by atoms with van der Waals surface area (Å²) in [5.41, 5.74) is 5.55. The number of hydrogen-bond donors (Lipinski definition) is 1. The van der Waals surface area contributed by atoms with E-state index >= 15 is 0 Å². The average molecular weight is 278 g/mol. The molecule has 1 aromatic rings. The largest absolute Gasteiger partial charge is 0.378 e. The second-order valence-corrected chi connectivity index (χ2v) is 5.29. The Morgan fingerprint density at radius 1 is 1.40 bits per heavy atom. The number of ether oxygens (including phenoxy) is 1. The predicted octanol–water partition coefficient (Wildman–Crippen LogP) is 1.72. The second-order valence-electron chi connectivity index (χ2n) is 5.29. The van der Waals surface area contributed by atoms with Gasteiger partial charge in [0.25, 0.3) is 0 Å². The quantitative estimate of drug-likeness (QED) is 0.653. The molecule has 1 aliphatic heterocycles. The van der Waals surface area contributed by atoms with Gasteiger partial charge >= 0.3 is 5.69 Å². The second kappa shape index (κ2) is 5.24. The van der Waals surface area contributed by atoms with Gasteiger partial charge in [0.2, 0.25) is 5.82 Å². The zero-order valence-corrected chi connectivity index (χ0v) is 11.2. The van der Waals surface area contributed by atoms with Gasteiger partial charge in [0.05, 0.1) is 23.7 Å². The van der Waals surface area contributed by atoms with Crippen molar-refractivity contribution in [3.63, 3.8) is 0 Å². The fourth-order valence-electron chi connectivity index (χ4n) is 3.15. The van der Waals surface area contributed by atoms with Gasteiger partial charge in [-0.3, -0.25) is 10.1 Å². The summed E-state index contributed by atoms with van der Waals surface area (Å²) in [7, 11) is 0. The number of nitrogens with two attached hydrogens (primary N) is 1. The van der Waals surface area contributed by atoms with Gasteiger partial charge < -0.3 is 15.4 Å². The summed E-state index contributed by atoms with van der Waals surface area (Å²) in [4.78, 5) is 16.7. The lowest BCUT2D eigenvalue weighted by Gasteiger charge is -2.44. The Bertz CT molecular complexity index is 520. The topological polar surface area (TPSA) is 94.5 Å². The van der Waals surface area contributed by atoms with Crippen molar-refractivity contribution in [3.05, 3.63) is 22.2 Å². The fraction of sp³-hybridized carbons (Fsp3) is 0.615. The van der Waals surface area contributed by atoms with Crippen LogP contribution in [0, 0.1) is 10.1 Å². The summed E-state index contributed by atoms with van der Waals surface area (Å²) >= 11 is 0. The molecular weight excluding hydrogens is 260 g/mol. The van der Waals surface area contributed by atoms with Crippen LogP contribution in [-0.2, 0) is 4.74 Å². The number of nitro groups is 1. The lowest BCUT2D eigenvalue weighted by atomic mass is 9.90. The minimum absolute atomic E-state index is 0.0219. The van der Waals surface area contributed by atoms with E-state index in [1.54, 1.807) is 6.07 Å². The third-order valence-corrected chi connectivity index (χ3v) is 4.11. The maximum absolute atomic E-state index is 10.8. The standard InChI is InChI=1S/C13H18N4O3/c14-13-10(17(18)19)5-6-12(15-13)16-7-8-20-11-4-2-1-3-9(11)16/h5-6,9,11H,1-4,7-8H2,(H2,14,15). The highest BCUT2D eigenvalue weighted by Crippen LogP contribution is 2.32. The van der Waals surface area contributed by atoms with Crippen molar-refractivity contribution in [2.75, 3.05) is 23.8 Å². The molecule has 1 aromatic heterocycles. The number of rotatable bonds is 2. The molecule has 108 valence electrons. The van der Waals surface area contributed by atoms with E-state index in [0.29, 0.717) is 18.5 Å². The normalized spacial score (nSPS) is 26.1. The highest BCUT2D eigenvalue weighted by molar-refractivity contribution is 5.58. The molecule has 0 bridgehead atoms. The monoisotopic (exact) mass is 278 g/mol. The molecule has 2 N–H and O–H groups in total. The van der Waals surface area contributed by atoms with E-state index in [1.807, 2.05) is 0 Å². The first-order chi connectivity index (χ1) is 9.66. The molecule has 0 aromatic carbocycles. The molecule has 0 radical (unpaired) electrons. The van der Waals surface area contributed by atoms with E-state index in [4.69, 9.17) is 10.5 Å². The minimum atomic E-state index is -0.505. The number of fused-ring (bicyclic) bond motifs is 1. The Labute approximate surface area is 116 Å². The molecular formula is C13H18N4O3. The van der Waals surface area contributed by atoms with Crippen LogP contribution in [0.15, 0.2) is 12.1 Å². The maximum Gasteiger partial charge on any atom is 0.311 e. The van der Waals surface area contributed by atoms with Crippen LogP contribution in [0.2, 0.25) is 0 Å². The summed E-state index contributed by atoms with van der Waals surface area (Å²) < 4.78 is 5.82. The molecule has 1 aliphatic carbocycles. The van der Waals surface area contributed by atoms with Crippen LogP contribution in [0.25, 0.3) is 0 Å². The number of morpholine rings is 1. The number of hydrogen-bond acceptors (Lipinski definition) is 6. The van der Waals surface area contributed by atoms with Gasteiger partial charge in [-0.05, 0) is 18.9 Å². The van der Waals surface area contributed by atoms with Crippen molar-refractivity contribution in [1.29, 1.82) is 0 Å². The number of nitrogens with zero attached hydrogens (tertiary/aromatic N) is 3. The SMILES string of the molecule is Nc1nc(N2CCOC3CCCCC32)ccc1[N+](=O)[O-]. The first-order valence-corrected chi connectivity index (χ1v) is 6.96. The third-order valence-electron chi connectivity index (χ3n) is 4.11. The molecule has 1 saturated carbocycles. The van der Waals surface area contributed by atoms with E-state index in [-0.39, 0.29) is 17.6 Å². The molecule has 7 nitrogen and oxygen atoms in total. The van der Waals surface area contributed by atoms with Crippen LogP contribution in [0.4, 0.5) is 17.3 Å². The number of pyridine rings is 1.